The first kappa shape index (κ1) is 11.9. The summed E-state index contributed by atoms with van der Waals surface area (Å²) in [6.45, 7) is 0.747. The summed E-state index contributed by atoms with van der Waals surface area (Å²) < 4.78 is 45.4. The molecule has 0 saturated heterocycles. The van der Waals surface area contributed by atoms with E-state index in [9.17, 15) is 17.4 Å². The van der Waals surface area contributed by atoms with Crippen LogP contribution in [0, 0.1) is 0 Å². The molecule has 1 N–H and O–H groups in total. The molecule has 0 saturated carbocycles. The topological polar surface area (TPSA) is 29.1 Å². The molecule has 0 radical (unpaired) electrons. The summed E-state index contributed by atoms with van der Waals surface area (Å²) in [5.41, 5.74) is 0. The van der Waals surface area contributed by atoms with E-state index in [-0.39, 0.29) is 11.8 Å². The quantitative estimate of drug-likeness (QED) is 0.735. The van der Waals surface area contributed by atoms with E-state index in [1.807, 2.05) is 0 Å². The number of rotatable bonds is 4. The highest BCUT2D eigenvalue weighted by Gasteiger charge is 2.26. The van der Waals surface area contributed by atoms with Gasteiger partial charge in [0, 0.05) is 28.9 Å². The van der Waals surface area contributed by atoms with E-state index >= 15 is 0 Å². The van der Waals surface area contributed by atoms with Crippen LogP contribution < -0.4 is 5.32 Å². The Morgan fingerprint density at radius 1 is 1.50 bits per heavy atom. The monoisotopic (exact) mass is 203 g/mol. The van der Waals surface area contributed by atoms with Gasteiger partial charge in [-0.2, -0.15) is 13.2 Å². The van der Waals surface area contributed by atoms with Crippen molar-refractivity contribution in [3.8, 4) is 0 Å². The molecule has 0 heterocycles. The molecular formula is C6H12F3NOS. The molecule has 0 bridgehead atoms. The van der Waals surface area contributed by atoms with Crippen molar-refractivity contribution in [2.24, 2.45) is 0 Å². The third-order valence-corrected chi connectivity index (χ3v) is 2.62. The normalized spacial score (nSPS) is 17.4. The number of hydrogen-bond acceptors (Lipinski definition) is 2. The van der Waals surface area contributed by atoms with Crippen LogP contribution in [0.1, 0.15) is 6.92 Å². The van der Waals surface area contributed by atoms with Crippen LogP contribution in [0.4, 0.5) is 13.2 Å². The Morgan fingerprint density at radius 2 is 2.00 bits per heavy atom. The summed E-state index contributed by atoms with van der Waals surface area (Å²) in [6, 6.07) is 0. The van der Waals surface area contributed by atoms with E-state index in [0.29, 0.717) is 0 Å². The summed E-state index contributed by atoms with van der Waals surface area (Å²) in [4.78, 5) is 0. The van der Waals surface area contributed by atoms with Crippen molar-refractivity contribution in [1.82, 2.24) is 5.32 Å². The molecule has 0 spiro atoms. The molecule has 2 atom stereocenters. The van der Waals surface area contributed by atoms with Gasteiger partial charge < -0.3 is 5.32 Å². The second-order valence-corrected chi connectivity index (χ2v) is 4.36. The Hall–Kier alpha value is -0.100. The molecule has 0 aliphatic heterocycles. The maximum absolute atomic E-state index is 11.6. The van der Waals surface area contributed by atoms with Crippen LogP contribution in [0.15, 0.2) is 0 Å². The van der Waals surface area contributed by atoms with Crippen LogP contribution in [0.25, 0.3) is 0 Å². The highest BCUT2D eigenvalue weighted by Crippen LogP contribution is 2.12. The molecule has 0 fully saturated rings. The standard InChI is InChI=1S/C6H12F3NOS/c1-5(12(2)11)3-10-4-6(7,8)9/h5,10H,3-4H2,1-2H3. The lowest BCUT2D eigenvalue weighted by atomic mass is 10.4. The van der Waals surface area contributed by atoms with Crippen LogP contribution in [0.2, 0.25) is 0 Å². The third-order valence-electron chi connectivity index (χ3n) is 1.32. The second-order valence-electron chi connectivity index (χ2n) is 2.56. The summed E-state index contributed by atoms with van der Waals surface area (Å²) in [6.07, 6.45) is -2.71. The van der Waals surface area contributed by atoms with Crippen molar-refractivity contribution in [2.45, 2.75) is 18.3 Å². The van der Waals surface area contributed by atoms with Crippen molar-refractivity contribution < 1.29 is 17.4 Å². The van der Waals surface area contributed by atoms with Gasteiger partial charge in [0.25, 0.3) is 0 Å². The highest BCUT2D eigenvalue weighted by molar-refractivity contribution is 7.84. The van der Waals surface area contributed by atoms with E-state index < -0.39 is 23.5 Å². The van der Waals surface area contributed by atoms with Crippen molar-refractivity contribution >= 4 is 10.8 Å². The summed E-state index contributed by atoms with van der Waals surface area (Å²) >= 11 is 0. The first-order valence-electron chi connectivity index (χ1n) is 3.42. The average Bonchev–Trinajstić information content (AvgIpc) is 1.84. The molecule has 0 rings (SSSR count). The first-order valence-corrected chi connectivity index (χ1v) is 5.05. The zero-order valence-electron chi connectivity index (χ0n) is 6.94. The molecule has 0 aromatic heterocycles. The maximum Gasteiger partial charge on any atom is 0.401 e. The van der Waals surface area contributed by atoms with Gasteiger partial charge in [-0.25, -0.2) is 0 Å². The maximum atomic E-state index is 11.6. The van der Waals surface area contributed by atoms with Gasteiger partial charge in [-0.05, 0) is 6.92 Å². The van der Waals surface area contributed by atoms with E-state index in [1.165, 1.54) is 6.26 Å². The zero-order chi connectivity index (χ0) is 9.78. The zero-order valence-corrected chi connectivity index (χ0v) is 7.76. The Kier molecular flexibility index (Phi) is 4.77. The predicted octanol–water partition coefficient (Wildman–Crippen LogP) is 0.905. The summed E-state index contributed by atoms with van der Waals surface area (Å²) in [7, 11) is -1.07. The lowest BCUT2D eigenvalue weighted by Gasteiger charge is -2.11. The molecular weight excluding hydrogens is 191 g/mol. The molecule has 2 unspecified atom stereocenters. The molecule has 2 nitrogen and oxygen atoms in total. The van der Waals surface area contributed by atoms with Crippen LogP contribution >= 0.6 is 0 Å². The molecule has 74 valence electrons. The summed E-state index contributed by atoms with van der Waals surface area (Å²) in [5.74, 6) is 0. The van der Waals surface area contributed by atoms with Crippen molar-refractivity contribution in [1.29, 1.82) is 0 Å². The van der Waals surface area contributed by atoms with Crippen LogP contribution in [-0.2, 0) is 10.8 Å². The third kappa shape index (κ3) is 6.60. The molecule has 0 amide bonds. The molecule has 0 aromatic carbocycles. The molecule has 0 aliphatic carbocycles. The predicted molar refractivity (Wildman–Crippen MR) is 42.5 cm³/mol. The fraction of sp³-hybridized carbons (Fsp3) is 1.00. The second kappa shape index (κ2) is 4.81. The lowest BCUT2D eigenvalue weighted by molar-refractivity contribution is -0.124. The van der Waals surface area contributed by atoms with E-state index in [2.05, 4.69) is 5.32 Å². The van der Waals surface area contributed by atoms with Crippen molar-refractivity contribution in [3.63, 3.8) is 0 Å². The van der Waals surface area contributed by atoms with Crippen LogP contribution in [0.3, 0.4) is 0 Å². The van der Waals surface area contributed by atoms with E-state index in [4.69, 9.17) is 0 Å². The van der Waals surface area contributed by atoms with Gasteiger partial charge >= 0.3 is 6.18 Å². The van der Waals surface area contributed by atoms with Crippen molar-refractivity contribution in [2.75, 3.05) is 19.3 Å². The summed E-state index contributed by atoms with van der Waals surface area (Å²) in [5, 5.41) is 1.95. The first-order chi connectivity index (χ1) is 5.33. The van der Waals surface area contributed by atoms with Crippen LogP contribution in [-0.4, -0.2) is 35.0 Å². The van der Waals surface area contributed by atoms with E-state index in [1.54, 1.807) is 6.92 Å². The number of alkyl halides is 3. The smallest absolute Gasteiger partial charge is 0.308 e. The number of nitrogens with one attached hydrogen (secondary N) is 1. The Bertz CT molecular complexity index is 159. The minimum Gasteiger partial charge on any atom is -0.308 e. The van der Waals surface area contributed by atoms with Crippen molar-refractivity contribution in [3.05, 3.63) is 0 Å². The van der Waals surface area contributed by atoms with Gasteiger partial charge in [-0.15, -0.1) is 0 Å². The van der Waals surface area contributed by atoms with E-state index in [0.717, 1.165) is 0 Å². The Labute approximate surface area is 72.0 Å². The molecule has 6 heteroatoms. The molecule has 12 heavy (non-hydrogen) atoms. The SMILES string of the molecule is CC(CNCC(F)(F)F)S(C)=O. The van der Waals surface area contributed by atoms with Gasteiger partial charge in [-0.3, -0.25) is 4.21 Å². The van der Waals surface area contributed by atoms with Gasteiger partial charge in [0.15, 0.2) is 0 Å². The van der Waals surface area contributed by atoms with Gasteiger partial charge in [0.2, 0.25) is 0 Å². The molecule has 0 aromatic rings. The minimum absolute atomic E-state index is 0.128. The lowest BCUT2D eigenvalue weighted by Crippen LogP contribution is -2.34. The fourth-order valence-corrected chi connectivity index (χ4v) is 0.887. The van der Waals surface area contributed by atoms with Gasteiger partial charge in [0.1, 0.15) is 0 Å². The number of halogens is 3. The van der Waals surface area contributed by atoms with Gasteiger partial charge in [-0.1, -0.05) is 0 Å². The Balaban J connectivity index is 3.51. The average molecular weight is 203 g/mol. The number of hydrogen-bond donors (Lipinski definition) is 1. The fourth-order valence-electron chi connectivity index (χ4n) is 0.535. The molecule has 0 aliphatic rings. The van der Waals surface area contributed by atoms with Crippen LogP contribution in [0.5, 0.6) is 0 Å². The van der Waals surface area contributed by atoms with Gasteiger partial charge in [0.05, 0.1) is 6.54 Å². The largest absolute Gasteiger partial charge is 0.401 e. The Morgan fingerprint density at radius 3 is 2.33 bits per heavy atom. The minimum atomic E-state index is -4.19. The highest BCUT2D eigenvalue weighted by atomic mass is 32.2.